The van der Waals surface area contributed by atoms with E-state index in [-0.39, 0.29) is 18.6 Å². The maximum Gasteiger partial charge on any atom is 0.305 e. The highest BCUT2D eigenvalue weighted by Gasteiger charge is 2.05. The van der Waals surface area contributed by atoms with Gasteiger partial charge in [-0.3, -0.25) is 4.79 Å². The lowest BCUT2D eigenvalue weighted by molar-refractivity contribution is -0.144. The zero-order valence-electron chi connectivity index (χ0n) is 7.72. The first-order chi connectivity index (χ1) is 6.63. The van der Waals surface area contributed by atoms with E-state index in [0.717, 1.165) is 12.1 Å². The van der Waals surface area contributed by atoms with E-state index >= 15 is 0 Å². The van der Waals surface area contributed by atoms with Gasteiger partial charge >= 0.3 is 5.97 Å². The Hall–Kier alpha value is -1.45. The highest BCUT2D eigenvalue weighted by Crippen LogP contribution is 2.10. The van der Waals surface area contributed by atoms with E-state index in [1.54, 1.807) is 6.92 Å². The van der Waals surface area contributed by atoms with Gasteiger partial charge in [-0.1, -0.05) is 6.92 Å². The molecule has 0 atom stereocenters. The van der Waals surface area contributed by atoms with Crippen LogP contribution in [0.1, 0.15) is 18.9 Å². The van der Waals surface area contributed by atoms with Crippen LogP contribution in [0.2, 0.25) is 0 Å². The Balaban J connectivity index is 2.63. The molecule has 0 heterocycles. The van der Waals surface area contributed by atoms with Crippen molar-refractivity contribution >= 4 is 5.97 Å². The molecule has 0 spiro atoms. The van der Waals surface area contributed by atoms with Crippen LogP contribution in [0.4, 0.5) is 8.78 Å². The fourth-order valence-electron chi connectivity index (χ4n) is 0.899. The molecule has 1 aromatic rings. The van der Waals surface area contributed by atoms with E-state index in [4.69, 9.17) is 4.74 Å². The van der Waals surface area contributed by atoms with Crippen LogP contribution in [0.25, 0.3) is 0 Å². The van der Waals surface area contributed by atoms with Gasteiger partial charge in [0.1, 0.15) is 18.2 Å². The van der Waals surface area contributed by atoms with Crippen molar-refractivity contribution in [1.82, 2.24) is 0 Å². The molecule has 4 heteroatoms. The van der Waals surface area contributed by atoms with Crippen molar-refractivity contribution in [3.63, 3.8) is 0 Å². The van der Waals surface area contributed by atoms with Crippen LogP contribution in [0.5, 0.6) is 0 Å². The minimum atomic E-state index is -0.700. The van der Waals surface area contributed by atoms with E-state index < -0.39 is 17.6 Å². The van der Waals surface area contributed by atoms with Gasteiger partial charge < -0.3 is 4.74 Å². The topological polar surface area (TPSA) is 26.3 Å². The van der Waals surface area contributed by atoms with Crippen molar-refractivity contribution in [2.75, 3.05) is 0 Å². The molecule has 0 bridgehead atoms. The zero-order chi connectivity index (χ0) is 10.6. The Morgan fingerprint density at radius 3 is 2.71 bits per heavy atom. The largest absolute Gasteiger partial charge is 0.461 e. The van der Waals surface area contributed by atoms with Crippen molar-refractivity contribution in [1.29, 1.82) is 0 Å². The molecule has 0 amide bonds. The SMILES string of the molecule is CCC(=O)OCc1ccc(F)cc1F. The molecular weight excluding hydrogens is 190 g/mol. The van der Waals surface area contributed by atoms with Gasteiger partial charge in [0, 0.05) is 18.1 Å². The number of carbonyl (C=O) groups excluding carboxylic acids is 1. The van der Waals surface area contributed by atoms with E-state index in [1.807, 2.05) is 0 Å². The third-order valence-electron chi connectivity index (χ3n) is 1.69. The Morgan fingerprint density at radius 2 is 2.14 bits per heavy atom. The average molecular weight is 200 g/mol. The summed E-state index contributed by atoms with van der Waals surface area (Å²) in [6, 6.07) is 3.14. The second-order valence-electron chi connectivity index (χ2n) is 2.75. The quantitative estimate of drug-likeness (QED) is 0.700. The fraction of sp³-hybridized carbons (Fsp3) is 0.300. The monoisotopic (exact) mass is 200 g/mol. The molecule has 0 unspecified atom stereocenters. The van der Waals surface area contributed by atoms with Crippen molar-refractivity contribution in [2.45, 2.75) is 20.0 Å². The molecule has 0 saturated heterocycles. The zero-order valence-corrected chi connectivity index (χ0v) is 7.72. The number of halogens is 2. The molecule has 0 aliphatic heterocycles. The summed E-state index contributed by atoms with van der Waals surface area (Å²) in [6.45, 7) is 1.49. The second kappa shape index (κ2) is 4.69. The van der Waals surface area contributed by atoms with Crippen LogP contribution >= 0.6 is 0 Å². The molecule has 0 aliphatic rings. The smallest absolute Gasteiger partial charge is 0.305 e. The molecule has 76 valence electrons. The third kappa shape index (κ3) is 2.80. The Labute approximate surface area is 80.5 Å². The van der Waals surface area contributed by atoms with Gasteiger partial charge in [-0.05, 0) is 12.1 Å². The summed E-state index contributed by atoms with van der Waals surface area (Å²) in [6.07, 6.45) is 0.239. The molecule has 0 saturated carbocycles. The van der Waals surface area contributed by atoms with Crippen LogP contribution in [0.15, 0.2) is 18.2 Å². The first-order valence-corrected chi connectivity index (χ1v) is 4.23. The molecule has 0 aromatic heterocycles. The van der Waals surface area contributed by atoms with E-state index in [2.05, 4.69) is 0 Å². The second-order valence-corrected chi connectivity index (χ2v) is 2.75. The van der Waals surface area contributed by atoms with Crippen LogP contribution in [0, 0.1) is 11.6 Å². The molecule has 1 aromatic carbocycles. The minimum absolute atomic E-state index is 0.154. The predicted molar refractivity (Wildman–Crippen MR) is 46.4 cm³/mol. The highest BCUT2D eigenvalue weighted by atomic mass is 19.1. The molecule has 0 N–H and O–H groups in total. The van der Waals surface area contributed by atoms with Crippen molar-refractivity contribution in [3.05, 3.63) is 35.4 Å². The van der Waals surface area contributed by atoms with Gasteiger partial charge in [0.15, 0.2) is 0 Å². The molecule has 2 nitrogen and oxygen atoms in total. The molecule has 0 radical (unpaired) electrons. The van der Waals surface area contributed by atoms with Crippen molar-refractivity contribution < 1.29 is 18.3 Å². The lowest BCUT2D eigenvalue weighted by atomic mass is 10.2. The standard InChI is InChI=1S/C10H10F2O2/c1-2-10(13)14-6-7-3-4-8(11)5-9(7)12/h3-5H,2,6H2,1H3. The summed E-state index contributed by atoms with van der Waals surface area (Å²) in [7, 11) is 0. The maximum absolute atomic E-state index is 13.0. The Morgan fingerprint density at radius 1 is 1.43 bits per heavy atom. The maximum atomic E-state index is 13.0. The fourth-order valence-corrected chi connectivity index (χ4v) is 0.899. The van der Waals surface area contributed by atoms with Crippen LogP contribution < -0.4 is 0 Å². The van der Waals surface area contributed by atoms with Gasteiger partial charge in [0.25, 0.3) is 0 Å². The van der Waals surface area contributed by atoms with E-state index in [1.165, 1.54) is 6.07 Å². The lowest BCUT2D eigenvalue weighted by Gasteiger charge is -2.04. The molecular formula is C10H10F2O2. The normalized spacial score (nSPS) is 9.93. The molecule has 0 aliphatic carbocycles. The summed E-state index contributed by atoms with van der Waals surface area (Å²) in [5, 5.41) is 0. The van der Waals surface area contributed by atoms with Crippen LogP contribution in [-0.4, -0.2) is 5.97 Å². The number of benzene rings is 1. The van der Waals surface area contributed by atoms with Crippen LogP contribution in [-0.2, 0) is 16.1 Å². The summed E-state index contributed by atoms with van der Waals surface area (Å²) in [5.74, 6) is -1.75. The van der Waals surface area contributed by atoms with Gasteiger partial charge in [0.05, 0.1) is 0 Å². The van der Waals surface area contributed by atoms with E-state index in [0.29, 0.717) is 0 Å². The number of rotatable bonds is 3. The summed E-state index contributed by atoms with van der Waals surface area (Å²) >= 11 is 0. The highest BCUT2D eigenvalue weighted by molar-refractivity contribution is 5.68. The predicted octanol–water partition coefficient (Wildman–Crippen LogP) is 2.42. The summed E-state index contributed by atoms with van der Waals surface area (Å²) in [4.78, 5) is 10.7. The molecule has 0 fully saturated rings. The number of hydrogen-bond donors (Lipinski definition) is 0. The summed E-state index contributed by atoms with van der Waals surface area (Å²) < 4.78 is 30.1. The van der Waals surface area contributed by atoms with Gasteiger partial charge in [-0.2, -0.15) is 0 Å². The number of hydrogen-bond acceptors (Lipinski definition) is 2. The van der Waals surface area contributed by atoms with E-state index in [9.17, 15) is 13.6 Å². The first-order valence-electron chi connectivity index (χ1n) is 4.23. The Bertz CT molecular complexity index is 337. The molecule has 1 rings (SSSR count). The third-order valence-corrected chi connectivity index (χ3v) is 1.69. The van der Waals surface area contributed by atoms with Gasteiger partial charge in [-0.15, -0.1) is 0 Å². The van der Waals surface area contributed by atoms with Crippen molar-refractivity contribution in [3.8, 4) is 0 Å². The van der Waals surface area contributed by atoms with Crippen LogP contribution in [0.3, 0.4) is 0 Å². The number of carbonyl (C=O) groups is 1. The lowest BCUT2D eigenvalue weighted by Crippen LogP contribution is -2.03. The summed E-state index contributed by atoms with van der Waals surface area (Å²) in [5.41, 5.74) is 0.174. The van der Waals surface area contributed by atoms with Crippen molar-refractivity contribution in [2.24, 2.45) is 0 Å². The molecule has 14 heavy (non-hydrogen) atoms. The minimum Gasteiger partial charge on any atom is -0.461 e. The van der Waals surface area contributed by atoms with Gasteiger partial charge in [-0.25, -0.2) is 8.78 Å². The number of ether oxygens (including phenoxy) is 1. The first kappa shape index (κ1) is 10.6. The average Bonchev–Trinajstić information content (AvgIpc) is 2.16. The number of esters is 1. The Kier molecular flexibility index (Phi) is 3.56. The van der Waals surface area contributed by atoms with Gasteiger partial charge in [0.2, 0.25) is 0 Å².